The molecule has 0 radical (unpaired) electrons. The predicted molar refractivity (Wildman–Crippen MR) is 48.7 cm³/mol. The lowest BCUT2D eigenvalue weighted by Gasteiger charge is -2.23. The van der Waals surface area contributed by atoms with Crippen molar-refractivity contribution >= 4 is 5.78 Å². The number of hydrogen-bond acceptors (Lipinski definition) is 2. The number of allylic oxidation sites excluding steroid dienone is 6. The highest BCUT2D eigenvalue weighted by Gasteiger charge is 2.34. The Labute approximate surface area is 76.9 Å². The Hall–Kier alpha value is -1.62. The molecule has 0 atom stereocenters. The molecule has 0 aromatic rings. The van der Waals surface area contributed by atoms with Crippen LogP contribution in [-0.4, -0.2) is 5.78 Å². The summed E-state index contributed by atoms with van der Waals surface area (Å²) in [5.41, 5.74) is 0.510. The van der Waals surface area contributed by atoms with Gasteiger partial charge in [-0.05, 0) is 25.0 Å². The molecular formula is C11H9NO. The van der Waals surface area contributed by atoms with Gasteiger partial charge in [-0.15, -0.1) is 0 Å². The van der Waals surface area contributed by atoms with E-state index in [9.17, 15) is 4.79 Å². The Morgan fingerprint density at radius 1 is 1.38 bits per heavy atom. The van der Waals surface area contributed by atoms with Crippen LogP contribution in [0.4, 0.5) is 0 Å². The average molecular weight is 171 g/mol. The summed E-state index contributed by atoms with van der Waals surface area (Å²) >= 11 is 0. The van der Waals surface area contributed by atoms with E-state index in [-0.39, 0.29) is 11.2 Å². The fourth-order valence-corrected chi connectivity index (χ4v) is 1.85. The lowest BCUT2D eigenvalue weighted by Crippen LogP contribution is -2.17. The molecule has 2 aliphatic carbocycles. The zero-order valence-corrected chi connectivity index (χ0v) is 7.16. The number of nitriles is 1. The summed E-state index contributed by atoms with van der Waals surface area (Å²) in [5, 5.41) is 8.88. The van der Waals surface area contributed by atoms with Crippen molar-refractivity contribution in [1.29, 1.82) is 5.26 Å². The van der Waals surface area contributed by atoms with Crippen molar-refractivity contribution in [1.82, 2.24) is 0 Å². The van der Waals surface area contributed by atoms with Crippen LogP contribution in [0.25, 0.3) is 0 Å². The van der Waals surface area contributed by atoms with Crippen LogP contribution < -0.4 is 0 Å². The molecule has 0 amide bonds. The van der Waals surface area contributed by atoms with E-state index in [0.717, 1.165) is 18.4 Å². The SMILES string of the molecule is N#CC1=CCCC12C=CC(=O)C=C2. The number of ketones is 1. The lowest BCUT2D eigenvalue weighted by atomic mass is 9.78. The number of rotatable bonds is 0. The average Bonchev–Trinajstić information content (AvgIpc) is 2.54. The van der Waals surface area contributed by atoms with Gasteiger partial charge in [0.1, 0.15) is 0 Å². The molecule has 1 spiro atoms. The van der Waals surface area contributed by atoms with Gasteiger partial charge in [0.2, 0.25) is 0 Å². The van der Waals surface area contributed by atoms with Gasteiger partial charge in [-0.2, -0.15) is 5.26 Å². The molecule has 0 aromatic heterocycles. The first-order chi connectivity index (χ1) is 6.27. The van der Waals surface area contributed by atoms with E-state index in [1.165, 1.54) is 0 Å². The summed E-state index contributed by atoms with van der Waals surface area (Å²) in [6.07, 6.45) is 10.6. The first-order valence-electron chi connectivity index (χ1n) is 4.30. The summed E-state index contributed by atoms with van der Waals surface area (Å²) in [5.74, 6) is 0.00909. The molecule has 2 nitrogen and oxygen atoms in total. The molecule has 0 N–H and O–H groups in total. The number of nitrogens with zero attached hydrogens (tertiary/aromatic N) is 1. The van der Waals surface area contributed by atoms with E-state index in [1.54, 1.807) is 12.2 Å². The summed E-state index contributed by atoms with van der Waals surface area (Å²) in [6.45, 7) is 0. The van der Waals surface area contributed by atoms with Gasteiger partial charge < -0.3 is 0 Å². The van der Waals surface area contributed by atoms with Crippen LogP contribution in [0.2, 0.25) is 0 Å². The minimum atomic E-state index is -0.261. The van der Waals surface area contributed by atoms with Gasteiger partial charge in [-0.3, -0.25) is 4.79 Å². The highest BCUT2D eigenvalue weighted by atomic mass is 16.1. The molecule has 0 saturated heterocycles. The molecule has 2 aliphatic rings. The Balaban J connectivity index is 2.39. The van der Waals surface area contributed by atoms with Crippen LogP contribution in [0, 0.1) is 16.7 Å². The monoisotopic (exact) mass is 171 g/mol. The van der Waals surface area contributed by atoms with E-state index in [1.807, 2.05) is 18.2 Å². The number of hydrogen-bond donors (Lipinski definition) is 0. The highest BCUT2D eigenvalue weighted by Crippen LogP contribution is 2.42. The third-order valence-electron chi connectivity index (χ3n) is 2.62. The van der Waals surface area contributed by atoms with Crippen LogP contribution in [0.15, 0.2) is 36.0 Å². The summed E-state index contributed by atoms with van der Waals surface area (Å²) < 4.78 is 0. The van der Waals surface area contributed by atoms with Crippen LogP contribution in [-0.2, 0) is 4.79 Å². The first-order valence-corrected chi connectivity index (χ1v) is 4.30. The maximum absolute atomic E-state index is 10.9. The van der Waals surface area contributed by atoms with Gasteiger partial charge in [-0.25, -0.2) is 0 Å². The quantitative estimate of drug-likeness (QED) is 0.558. The highest BCUT2D eigenvalue weighted by molar-refractivity contribution is 6.00. The van der Waals surface area contributed by atoms with Crippen LogP contribution in [0.3, 0.4) is 0 Å². The van der Waals surface area contributed by atoms with Gasteiger partial charge in [-0.1, -0.05) is 18.2 Å². The molecule has 0 bridgehead atoms. The maximum atomic E-state index is 10.9. The Morgan fingerprint density at radius 3 is 2.69 bits per heavy atom. The largest absolute Gasteiger partial charge is 0.290 e. The van der Waals surface area contributed by atoms with Crippen LogP contribution in [0.1, 0.15) is 12.8 Å². The van der Waals surface area contributed by atoms with Gasteiger partial charge in [0.25, 0.3) is 0 Å². The van der Waals surface area contributed by atoms with Gasteiger partial charge in [0.15, 0.2) is 5.78 Å². The minimum Gasteiger partial charge on any atom is -0.290 e. The van der Waals surface area contributed by atoms with Crippen molar-refractivity contribution in [3.63, 3.8) is 0 Å². The first kappa shape index (κ1) is 8.00. The van der Waals surface area contributed by atoms with E-state index in [2.05, 4.69) is 6.07 Å². The predicted octanol–water partition coefficient (Wildman–Crippen LogP) is 1.91. The second-order valence-electron chi connectivity index (χ2n) is 3.38. The smallest absolute Gasteiger partial charge is 0.178 e. The standard InChI is InChI=1S/C11H9NO/c12-8-9-2-1-5-11(9)6-3-10(13)4-7-11/h2-4,6-7H,1,5H2. The van der Waals surface area contributed by atoms with E-state index in [0.29, 0.717) is 0 Å². The molecule has 2 heteroatoms. The van der Waals surface area contributed by atoms with Crippen molar-refractivity contribution in [2.24, 2.45) is 5.41 Å². The lowest BCUT2D eigenvalue weighted by molar-refractivity contribution is -0.110. The summed E-state index contributed by atoms with van der Waals surface area (Å²) in [4.78, 5) is 10.9. The van der Waals surface area contributed by atoms with Crippen molar-refractivity contribution in [2.75, 3.05) is 0 Å². The third-order valence-corrected chi connectivity index (χ3v) is 2.62. The Morgan fingerprint density at radius 2 is 2.08 bits per heavy atom. The fourth-order valence-electron chi connectivity index (χ4n) is 1.85. The molecule has 0 saturated carbocycles. The van der Waals surface area contributed by atoms with Crippen molar-refractivity contribution < 1.29 is 4.79 Å². The molecule has 2 rings (SSSR count). The topological polar surface area (TPSA) is 40.9 Å². The zero-order chi connectivity index (χ0) is 9.31. The minimum absolute atomic E-state index is 0.00909. The molecule has 13 heavy (non-hydrogen) atoms. The van der Waals surface area contributed by atoms with Crippen LogP contribution in [0.5, 0.6) is 0 Å². The van der Waals surface area contributed by atoms with Crippen molar-refractivity contribution in [2.45, 2.75) is 12.8 Å². The van der Waals surface area contributed by atoms with E-state index in [4.69, 9.17) is 5.26 Å². The molecule has 0 aliphatic heterocycles. The summed E-state index contributed by atoms with van der Waals surface area (Å²) in [6, 6.07) is 2.19. The summed E-state index contributed by atoms with van der Waals surface area (Å²) in [7, 11) is 0. The Bertz CT molecular complexity index is 363. The number of carbonyl (C=O) groups is 1. The van der Waals surface area contributed by atoms with E-state index < -0.39 is 0 Å². The number of carbonyl (C=O) groups excluding carboxylic acids is 1. The Kier molecular flexibility index (Phi) is 1.66. The molecule has 0 aromatic carbocycles. The van der Waals surface area contributed by atoms with Gasteiger partial charge >= 0.3 is 0 Å². The second kappa shape index (κ2) is 2.70. The molecular weight excluding hydrogens is 162 g/mol. The molecule has 64 valence electrons. The molecule has 0 fully saturated rings. The van der Waals surface area contributed by atoms with E-state index >= 15 is 0 Å². The van der Waals surface area contributed by atoms with Crippen LogP contribution >= 0.6 is 0 Å². The second-order valence-corrected chi connectivity index (χ2v) is 3.38. The fraction of sp³-hybridized carbons (Fsp3) is 0.273. The molecule has 0 unspecified atom stereocenters. The van der Waals surface area contributed by atoms with Crippen molar-refractivity contribution in [3.05, 3.63) is 36.0 Å². The molecule has 0 heterocycles. The van der Waals surface area contributed by atoms with Crippen molar-refractivity contribution in [3.8, 4) is 6.07 Å². The maximum Gasteiger partial charge on any atom is 0.178 e. The third kappa shape index (κ3) is 1.13. The zero-order valence-electron chi connectivity index (χ0n) is 7.16. The van der Waals surface area contributed by atoms with Gasteiger partial charge in [0.05, 0.1) is 6.07 Å². The van der Waals surface area contributed by atoms with Gasteiger partial charge in [0, 0.05) is 11.0 Å². The normalized spacial score (nSPS) is 23.3.